The van der Waals surface area contributed by atoms with E-state index >= 15 is 0 Å². The summed E-state index contributed by atoms with van der Waals surface area (Å²) in [7, 11) is -1.81. The molecule has 0 spiro atoms. The zero-order valence-corrected chi connectivity index (χ0v) is 23.4. The van der Waals surface area contributed by atoms with Crippen LogP contribution in [-0.2, 0) is 4.43 Å². The quantitative estimate of drug-likeness (QED) is 0.297. The lowest BCUT2D eigenvalue weighted by Crippen LogP contribution is -2.45. The molecule has 180 valence electrons. The first-order valence-corrected chi connectivity index (χ1v) is 16.1. The third-order valence-corrected chi connectivity index (χ3v) is 14.2. The fourth-order valence-electron chi connectivity index (χ4n) is 6.46. The molecule has 32 heavy (non-hydrogen) atoms. The van der Waals surface area contributed by atoms with E-state index in [-0.39, 0.29) is 11.1 Å². The van der Waals surface area contributed by atoms with Crippen LogP contribution in [0.15, 0.2) is 47.6 Å². The van der Waals surface area contributed by atoms with Gasteiger partial charge in [-0.05, 0) is 98.2 Å². The van der Waals surface area contributed by atoms with Crippen LogP contribution in [-0.4, -0.2) is 14.4 Å². The van der Waals surface area contributed by atoms with Gasteiger partial charge in [-0.1, -0.05) is 83.6 Å². The molecular formula is C30H50OSi. The molecule has 3 aliphatic carbocycles. The highest BCUT2D eigenvalue weighted by atomic mass is 28.4. The summed E-state index contributed by atoms with van der Waals surface area (Å²) in [6.07, 6.45) is 15.1. The molecule has 0 aromatic heterocycles. The highest BCUT2D eigenvalue weighted by molar-refractivity contribution is 6.74. The maximum atomic E-state index is 6.85. The van der Waals surface area contributed by atoms with Gasteiger partial charge in [0.05, 0.1) is 6.10 Å². The fraction of sp³-hybridized carbons (Fsp3) is 0.733. The Morgan fingerprint density at radius 2 is 1.88 bits per heavy atom. The van der Waals surface area contributed by atoms with Gasteiger partial charge in [-0.2, -0.15) is 0 Å². The van der Waals surface area contributed by atoms with Crippen molar-refractivity contribution in [3.05, 3.63) is 47.6 Å². The molecule has 0 N–H and O–H groups in total. The van der Waals surface area contributed by atoms with Crippen LogP contribution >= 0.6 is 0 Å². The van der Waals surface area contributed by atoms with E-state index in [4.69, 9.17) is 4.43 Å². The first-order chi connectivity index (χ1) is 14.8. The molecule has 0 aliphatic heterocycles. The Bertz CT molecular complexity index is 792. The lowest BCUT2D eigenvalue weighted by Gasteiger charge is -2.43. The van der Waals surface area contributed by atoms with Crippen LogP contribution in [0.5, 0.6) is 0 Å². The molecule has 0 amide bonds. The molecule has 0 radical (unpaired) electrons. The van der Waals surface area contributed by atoms with Crippen LogP contribution in [0, 0.1) is 23.2 Å². The van der Waals surface area contributed by atoms with Gasteiger partial charge in [0.1, 0.15) is 0 Å². The summed E-state index contributed by atoms with van der Waals surface area (Å²) in [5.41, 5.74) is 6.48. The lowest BCUT2D eigenvalue weighted by atomic mass is 9.62. The largest absolute Gasteiger partial charge is 0.410 e. The van der Waals surface area contributed by atoms with E-state index < -0.39 is 8.32 Å². The number of hydrogen-bond donors (Lipinski definition) is 0. The SMILES string of the molecule is C=C(CC)C1CCC2/C(=C/C=C3/C[C@@H](C)C(=C)[C@H](O[Si](C)(C)C(C)(C)C)C3)CCC[C@]12C. The third kappa shape index (κ3) is 4.97. The summed E-state index contributed by atoms with van der Waals surface area (Å²) < 4.78 is 6.85. The lowest BCUT2D eigenvalue weighted by molar-refractivity contribution is 0.154. The van der Waals surface area contributed by atoms with Crippen molar-refractivity contribution >= 4 is 8.32 Å². The zero-order valence-electron chi connectivity index (χ0n) is 22.4. The monoisotopic (exact) mass is 454 g/mol. The van der Waals surface area contributed by atoms with E-state index in [2.05, 4.69) is 79.9 Å². The molecule has 5 atom stereocenters. The predicted molar refractivity (Wildman–Crippen MR) is 143 cm³/mol. The van der Waals surface area contributed by atoms with Gasteiger partial charge in [0.2, 0.25) is 0 Å². The first kappa shape index (κ1) is 25.8. The van der Waals surface area contributed by atoms with Gasteiger partial charge in [0, 0.05) is 0 Å². The smallest absolute Gasteiger partial charge is 0.192 e. The molecule has 3 aliphatic rings. The summed E-state index contributed by atoms with van der Waals surface area (Å²) >= 11 is 0. The Morgan fingerprint density at radius 3 is 2.50 bits per heavy atom. The first-order valence-electron chi connectivity index (χ1n) is 13.2. The molecule has 3 rings (SSSR count). The van der Waals surface area contributed by atoms with Gasteiger partial charge in [-0.25, -0.2) is 0 Å². The van der Waals surface area contributed by atoms with Gasteiger partial charge in [-0.3, -0.25) is 0 Å². The molecule has 1 nitrogen and oxygen atoms in total. The molecule has 2 heteroatoms. The van der Waals surface area contributed by atoms with Crippen molar-refractivity contribution in [3.8, 4) is 0 Å². The van der Waals surface area contributed by atoms with Crippen LogP contribution < -0.4 is 0 Å². The fourth-order valence-corrected chi connectivity index (χ4v) is 7.76. The maximum absolute atomic E-state index is 6.85. The van der Waals surface area contributed by atoms with Gasteiger partial charge in [-0.15, -0.1) is 0 Å². The Morgan fingerprint density at radius 1 is 1.19 bits per heavy atom. The Kier molecular flexibility index (Phi) is 7.58. The van der Waals surface area contributed by atoms with Gasteiger partial charge >= 0.3 is 0 Å². The molecular weight excluding hydrogens is 404 g/mol. The summed E-state index contributed by atoms with van der Waals surface area (Å²) in [6.45, 7) is 27.8. The van der Waals surface area contributed by atoms with E-state index in [9.17, 15) is 0 Å². The number of rotatable bonds is 5. The van der Waals surface area contributed by atoms with E-state index in [1.54, 1.807) is 11.1 Å². The highest BCUT2D eigenvalue weighted by Crippen LogP contribution is 2.59. The van der Waals surface area contributed by atoms with E-state index in [1.165, 1.54) is 43.3 Å². The van der Waals surface area contributed by atoms with Crippen LogP contribution in [0.1, 0.15) is 92.9 Å². The average molecular weight is 455 g/mol. The topological polar surface area (TPSA) is 9.23 Å². The molecule has 0 aromatic rings. The average Bonchev–Trinajstić information content (AvgIpc) is 3.05. The van der Waals surface area contributed by atoms with Gasteiger partial charge in [0.25, 0.3) is 0 Å². The number of fused-ring (bicyclic) bond motifs is 1. The minimum atomic E-state index is -1.81. The minimum Gasteiger partial charge on any atom is -0.410 e. The van der Waals surface area contributed by atoms with Crippen molar-refractivity contribution in [2.75, 3.05) is 0 Å². The second-order valence-corrected chi connectivity index (χ2v) is 17.6. The van der Waals surface area contributed by atoms with Crippen LogP contribution in [0.3, 0.4) is 0 Å². The van der Waals surface area contributed by atoms with Crippen molar-refractivity contribution < 1.29 is 4.43 Å². The predicted octanol–water partition coefficient (Wildman–Crippen LogP) is 9.40. The van der Waals surface area contributed by atoms with Crippen LogP contribution in [0.25, 0.3) is 0 Å². The number of hydrogen-bond acceptors (Lipinski definition) is 1. The van der Waals surface area contributed by atoms with Crippen molar-refractivity contribution in [2.45, 2.75) is 117 Å². The Hall–Kier alpha value is -0.863. The van der Waals surface area contributed by atoms with E-state index in [0.29, 0.717) is 17.3 Å². The van der Waals surface area contributed by atoms with Crippen LogP contribution in [0.4, 0.5) is 0 Å². The minimum absolute atomic E-state index is 0.185. The number of allylic oxidation sites excluding steroid dienone is 4. The third-order valence-electron chi connectivity index (χ3n) is 9.75. The molecule has 3 saturated carbocycles. The van der Waals surface area contributed by atoms with E-state index in [0.717, 1.165) is 25.2 Å². The van der Waals surface area contributed by atoms with Gasteiger partial charge < -0.3 is 4.43 Å². The summed E-state index contributed by atoms with van der Waals surface area (Å²) in [5.74, 6) is 1.97. The molecule has 3 fully saturated rings. The van der Waals surface area contributed by atoms with Crippen LogP contribution in [0.2, 0.25) is 18.1 Å². The Balaban J connectivity index is 1.79. The Labute approximate surface area is 200 Å². The molecule has 0 heterocycles. The summed E-state index contributed by atoms with van der Waals surface area (Å²) in [4.78, 5) is 0. The zero-order chi connectivity index (χ0) is 23.9. The standard InChI is InChI=1S/C30H50OSi/c1-11-21(2)26-16-17-27-25(13-12-18-30(26,27)8)15-14-24-19-22(3)23(4)28(20-24)31-32(9,10)29(5,6)7/h14-15,22,26-28H,2,4,11-13,16-20H2,1,3,5-10H3/b24-14-,25-15+/t22-,26?,27?,28-,30-/m1/s1. The van der Waals surface area contributed by atoms with Gasteiger partial charge in [0.15, 0.2) is 8.32 Å². The van der Waals surface area contributed by atoms with E-state index in [1.807, 2.05) is 0 Å². The summed E-state index contributed by atoms with van der Waals surface area (Å²) in [6, 6.07) is 0. The highest BCUT2D eigenvalue weighted by Gasteiger charge is 2.49. The normalized spacial score (nSPS) is 36.6. The second-order valence-electron chi connectivity index (χ2n) is 12.9. The molecule has 0 aromatic carbocycles. The van der Waals surface area contributed by atoms with Crippen molar-refractivity contribution in [1.82, 2.24) is 0 Å². The molecule has 2 unspecified atom stereocenters. The molecule has 0 bridgehead atoms. The second kappa shape index (κ2) is 9.41. The summed E-state index contributed by atoms with van der Waals surface area (Å²) in [5, 5.41) is 0.230. The maximum Gasteiger partial charge on any atom is 0.192 e. The van der Waals surface area contributed by atoms with Crippen molar-refractivity contribution in [3.63, 3.8) is 0 Å². The van der Waals surface area contributed by atoms with Crippen molar-refractivity contribution in [1.29, 1.82) is 0 Å². The molecule has 0 saturated heterocycles. The van der Waals surface area contributed by atoms with Crippen molar-refractivity contribution in [2.24, 2.45) is 23.2 Å².